The average molecular weight is 364 g/mol. The number of nitrogens with zero attached hydrogens (tertiary/aromatic N) is 4. The van der Waals surface area contributed by atoms with Crippen molar-refractivity contribution in [3.63, 3.8) is 0 Å². The van der Waals surface area contributed by atoms with Gasteiger partial charge in [-0.3, -0.25) is 9.69 Å². The highest BCUT2D eigenvalue weighted by Gasteiger charge is 2.17. The molecule has 1 fully saturated rings. The van der Waals surface area contributed by atoms with Gasteiger partial charge in [0.25, 0.3) is 5.56 Å². The Morgan fingerprint density at radius 3 is 2.44 bits per heavy atom. The third-order valence-electron chi connectivity index (χ3n) is 5.20. The van der Waals surface area contributed by atoms with Crippen molar-refractivity contribution in [2.24, 2.45) is 0 Å². The molecular weight excluding hydrogens is 340 g/mol. The molecule has 1 aliphatic heterocycles. The van der Waals surface area contributed by atoms with Crippen LogP contribution in [0.4, 0.5) is 5.69 Å². The summed E-state index contributed by atoms with van der Waals surface area (Å²) in [4.78, 5) is 21.3. The van der Waals surface area contributed by atoms with Crippen molar-refractivity contribution in [3.05, 3.63) is 65.1 Å². The predicted molar refractivity (Wildman–Crippen MR) is 108 cm³/mol. The van der Waals surface area contributed by atoms with Crippen LogP contribution in [-0.2, 0) is 6.54 Å². The van der Waals surface area contributed by atoms with E-state index in [1.807, 2.05) is 41.0 Å². The van der Waals surface area contributed by atoms with E-state index in [9.17, 15) is 4.79 Å². The van der Waals surface area contributed by atoms with Crippen LogP contribution in [-0.4, -0.2) is 54.3 Å². The molecule has 2 heterocycles. The molecule has 0 radical (unpaired) electrons. The van der Waals surface area contributed by atoms with E-state index >= 15 is 0 Å². The van der Waals surface area contributed by atoms with Gasteiger partial charge < -0.3 is 14.2 Å². The third-order valence-corrected chi connectivity index (χ3v) is 5.20. The van der Waals surface area contributed by atoms with Crippen molar-refractivity contribution in [1.82, 2.24) is 14.5 Å². The highest BCUT2D eigenvalue weighted by molar-refractivity contribution is 5.74. The molecule has 140 valence electrons. The van der Waals surface area contributed by atoms with E-state index in [0.717, 1.165) is 49.5 Å². The van der Waals surface area contributed by atoms with E-state index < -0.39 is 0 Å². The van der Waals surface area contributed by atoms with Crippen molar-refractivity contribution in [3.8, 4) is 5.75 Å². The van der Waals surface area contributed by atoms with Crippen LogP contribution in [0.25, 0.3) is 11.0 Å². The van der Waals surface area contributed by atoms with Gasteiger partial charge >= 0.3 is 0 Å². The summed E-state index contributed by atoms with van der Waals surface area (Å²) in [5, 5.41) is 0. The number of benzene rings is 2. The van der Waals surface area contributed by atoms with Gasteiger partial charge in [0, 0.05) is 45.0 Å². The fourth-order valence-corrected chi connectivity index (χ4v) is 3.61. The number of hydrogen-bond donors (Lipinski definition) is 0. The number of para-hydroxylation sites is 2. The molecular formula is C21H24N4O2. The summed E-state index contributed by atoms with van der Waals surface area (Å²) in [6.07, 6.45) is 1.42. The number of aromatic nitrogens is 2. The summed E-state index contributed by atoms with van der Waals surface area (Å²) < 4.78 is 7.06. The fraction of sp³-hybridized carbons (Fsp3) is 0.333. The molecule has 0 amide bonds. The molecule has 2 aromatic carbocycles. The lowest BCUT2D eigenvalue weighted by Crippen LogP contribution is -2.47. The van der Waals surface area contributed by atoms with Crippen molar-refractivity contribution in [1.29, 1.82) is 0 Å². The molecule has 4 rings (SSSR count). The van der Waals surface area contributed by atoms with E-state index in [0.29, 0.717) is 6.54 Å². The number of ether oxygens (including phenoxy) is 1. The first-order chi connectivity index (χ1) is 13.2. The van der Waals surface area contributed by atoms with Gasteiger partial charge in [-0.2, -0.15) is 0 Å². The molecule has 1 saturated heterocycles. The summed E-state index contributed by atoms with van der Waals surface area (Å²) >= 11 is 0. The second-order valence-corrected chi connectivity index (χ2v) is 6.76. The van der Waals surface area contributed by atoms with E-state index in [-0.39, 0.29) is 5.56 Å². The minimum atomic E-state index is -0.0365. The van der Waals surface area contributed by atoms with E-state index in [2.05, 4.69) is 26.9 Å². The lowest BCUT2D eigenvalue weighted by atomic mass is 10.2. The van der Waals surface area contributed by atoms with E-state index in [1.54, 1.807) is 7.11 Å². The molecule has 0 spiro atoms. The van der Waals surface area contributed by atoms with Crippen LogP contribution >= 0.6 is 0 Å². The molecule has 6 heteroatoms. The maximum absolute atomic E-state index is 12.3. The first-order valence-corrected chi connectivity index (χ1v) is 9.30. The molecule has 1 aromatic heterocycles. The first-order valence-electron chi connectivity index (χ1n) is 9.30. The van der Waals surface area contributed by atoms with Gasteiger partial charge in [0.1, 0.15) is 5.75 Å². The lowest BCUT2D eigenvalue weighted by Gasteiger charge is -2.36. The van der Waals surface area contributed by atoms with Gasteiger partial charge in [-0.1, -0.05) is 12.1 Å². The molecule has 3 aromatic rings. The zero-order valence-electron chi connectivity index (χ0n) is 15.5. The normalized spacial score (nSPS) is 15.2. The standard InChI is InChI=1S/C21H24N4O2/c1-27-18-8-6-17(7-9-18)24-13-10-23(11-14-24)12-15-25-20-5-3-2-4-19(20)22-16-21(25)26/h2-9,16H,10-15H2,1H3. The van der Waals surface area contributed by atoms with Gasteiger partial charge in [-0.05, 0) is 36.4 Å². The quantitative estimate of drug-likeness (QED) is 0.695. The number of fused-ring (bicyclic) bond motifs is 1. The Morgan fingerprint density at radius 2 is 1.70 bits per heavy atom. The molecule has 6 nitrogen and oxygen atoms in total. The molecule has 0 aliphatic carbocycles. The second kappa shape index (κ2) is 7.80. The number of hydrogen-bond acceptors (Lipinski definition) is 5. The minimum absolute atomic E-state index is 0.0365. The topological polar surface area (TPSA) is 50.6 Å². The number of rotatable bonds is 5. The molecule has 27 heavy (non-hydrogen) atoms. The van der Waals surface area contributed by atoms with Crippen molar-refractivity contribution in [2.75, 3.05) is 44.7 Å². The summed E-state index contributed by atoms with van der Waals surface area (Å²) in [6.45, 7) is 5.50. The number of methoxy groups -OCH3 is 1. The molecule has 0 unspecified atom stereocenters. The summed E-state index contributed by atoms with van der Waals surface area (Å²) in [7, 11) is 1.69. The van der Waals surface area contributed by atoms with Crippen LogP contribution in [0.2, 0.25) is 0 Å². The molecule has 0 N–H and O–H groups in total. The summed E-state index contributed by atoms with van der Waals surface area (Å²) in [6, 6.07) is 16.0. The monoisotopic (exact) mass is 364 g/mol. The van der Waals surface area contributed by atoms with Crippen LogP contribution in [0, 0.1) is 0 Å². The highest BCUT2D eigenvalue weighted by atomic mass is 16.5. The third kappa shape index (κ3) is 3.80. The van der Waals surface area contributed by atoms with Crippen molar-refractivity contribution in [2.45, 2.75) is 6.54 Å². The average Bonchev–Trinajstić information content (AvgIpc) is 2.73. The lowest BCUT2D eigenvalue weighted by molar-refractivity contribution is 0.248. The van der Waals surface area contributed by atoms with Crippen LogP contribution < -0.4 is 15.2 Å². The first kappa shape index (κ1) is 17.5. The smallest absolute Gasteiger partial charge is 0.269 e. The fourth-order valence-electron chi connectivity index (χ4n) is 3.61. The Labute approximate surface area is 158 Å². The second-order valence-electron chi connectivity index (χ2n) is 6.76. The van der Waals surface area contributed by atoms with E-state index in [4.69, 9.17) is 4.74 Å². The van der Waals surface area contributed by atoms with Crippen LogP contribution in [0.3, 0.4) is 0 Å². The molecule has 1 aliphatic rings. The SMILES string of the molecule is COc1ccc(N2CCN(CCn3c(=O)cnc4ccccc43)CC2)cc1. The Kier molecular flexibility index (Phi) is 5.07. The van der Waals surface area contributed by atoms with Crippen molar-refractivity contribution >= 4 is 16.7 Å². The molecule has 0 atom stereocenters. The largest absolute Gasteiger partial charge is 0.497 e. The van der Waals surface area contributed by atoms with Gasteiger partial charge in [0.05, 0.1) is 24.3 Å². The zero-order valence-corrected chi connectivity index (χ0v) is 15.5. The number of anilines is 1. The van der Waals surface area contributed by atoms with Crippen LogP contribution in [0.1, 0.15) is 0 Å². The Hall–Kier alpha value is -2.86. The maximum atomic E-state index is 12.3. The van der Waals surface area contributed by atoms with Gasteiger partial charge in [-0.25, -0.2) is 4.98 Å². The molecule has 0 bridgehead atoms. The highest BCUT2D eigenvalue weighted by Crippen LogP contribution is 2.20. The molecule has 0 saturated carbocycles. The van der Waals surface area contributed by atoms with E-state index in [1.165, 1.54) is 11.9 Å². The number of piperazine rings is 1. The van der Waals surface area contributed by atoms with Crippen molar-refractivity contribution < 1.29 is 4.74 Å². The Bertz CT molecular complexity index is 960. The van der Waals surface area contributed by atoms with Crippen LogP contribution in [0.5, 0.6) is 5.75 Å². The van der Waals surface area contributed by atoms with Gasteiger partial charge in [0.15, 0.2) is 0 Å². The van der Waals surface area contributed by atoms with Gasteiger partial charge in [-0.15, -0.1) is 0 Å². The maximum Gasteiger partial charge on any atom is 0.269 e. The van der Waals surface area contributed by atoms with Crippen LogP contribution in [0.15, 0.2) is 59.5 Å². The summed E-state index contributed by atoms with van der Waals surface area (Å²) in [5.74, 6) is 0.882. The minimum Gasteiger partial charge on any atom is -0.497 e. The summed E-state index contributed by atoms with van der Waals surface area (Å²) in [5.41, 5.74) is 2.96. The predicted octanol–water partition coefficient (Wildman–Crippen LogP) is 2.23. The Morgan fingerprint density at radius 1 is 0.963 bits per heavy atom. The Balaban J connectivity index is 1.37. The van der Waals surface area contributed by atoms with Gasteiger partial charge in [0.2, 0.25) is 0 Å². The zero-order chi connectivity index (χ0) is 18.6.